The van der Waals surface area contributed by atoms with Crippen LogP contribution in [0.1, 0.15) is 32.1 Å². The van der Waals surface area contributed by atoms with Crippen LogP contribution in [-0.2, 0) is 17.1 Å². The number of hydrogen-bond acceptors (Lipinski definition) is 5. The van der Waals surface area contributed by atoms with Crippen molar-refractivity contribution in [3.8, 4) is 0 Å². The third kappa shape index (κ3) is 3.49. The first-order chi connectivity index (χ1) is 12.0. The Morgan fingerprint density at radius 3 is 2.12 bits per heavy atom. The van der Waals surface area contributed by atoms with Crippen LogP contribution in [0.4, 0.5) is 0 Å². The van der Waals surface area contributed by atoms with Gasteiger partial charge in [0.25, 0.3) is 10.0 Å². The smallest absolute Gasteiger partial charge is 0.262 e. The van der Waals surface area contributed by atoms with Crippen LogP contribution in [0.3, 0.4) is 0 Å². The molecule has 0 radical (unpaired) electrons. The third-order valence-electron chi connectivity index (χ3n) is 6.07. The first-order valence-electron chi connectivity index (χ1n) is 9.50. The van der Waals surface area contributed by atoms with E-state index < -0.39 is 10.0 Å². The van der Waals surface area contributed by atoms with E-state index in [9.17, 15) is 8.42 Å². The Morgan fingerprint density at radius 1 is 0.960 bits per heavy atom. The van der Waals surface area contributed by atoms with E-state index in [4.69, 9.17) is 0 Å². The fourth-order valence-corrected chi connectivity index (χ4v) is 5.89. The van der Waals surface area contributed by atoms with Crippen molar-refractivity contribution in [3.05, 3.63) is 12.5 Å². The molecule has 8 heteroatoms. The molecule has 140 valence electrons. The first kappa shape index (κ1) is 17.5. The predicted molar refractivity (Wildman–Crippen MR) is 95.8 cm³/mol. The van der Waals surface area contributed by atoms with Crippen LogP contribution in [0.15, 0.2) is 17.6 Å². The van der Waals surface area contributed by atoms with Crippen LogP contribution in [0.5, 0.6) is 0 Å². The topological polar surface area (TPSA) is 61.7 Å². The molecule has 3 heterocycles. The van der Waals surface area contributed by atoms with Crippen molar-refractivity contribution in [2.45, 2.75) is 49.2 Å². The molecule has 0 amide bonds. The molecule has 0 N–H and O–H groups in total. The van der Waals surface area contributed by atoms with Gasteiger partial charge in [-0.1, -0.05) is 19.3 Å². The molecule has 4 rings (SSSR count). The van der Waals surface area contributed by atoms with Crippen LogP contribution < -0.4 is 0 Å². The lowest BCUT2D eigenvalue weighted by Crippen LogP contribution is -2.64. The number of hydrogen-bond donors (Lipinski definition) is 0. The Kier molecular flexibility index (Phi) is 4.87. The lowest BCUT2D eigenvalue weighted by Gasteiger charge is -2.48. The van der Waals surface area contributed by atoms with Crippen molar-refractivity contribution in [3.63, 3.8) is 0 Å². The highest BCUT2D eigenvalue weighted by atomic mass is 32.2. The van der Waals surface area contributed by atoms with Gasteiger partial charge in [0.1, 0.15) is 0 Å². The molecule has 0 aromatic carbocycles. The van der Waals surface area contributed by atoms with E-state index in [0.29, 0.717) is 19.1 Å². The summed E-state index contributed by atoms with van der Waals surface area (Å²) in [4.78, 5) is 9.14. The van der Waals surface area contributed by atoms with Gasteiger partial charge in [-0.05, 0) is 12.8 Å². The number of imidazole rings is 1. The van der Waals surface area contributed by atoms with Gasteiger partial charge in [-0.15, -0.1) is 0 Å². The van der Waals surface area contributed by atoms with Crippen molar-refractivity contribution in [1.82, 2.24) is 23.7 Å². The summed E-state index contributed by atoms with van der Waals surface area (Å²) >= 11 is 0. The molecule has 25 heavy (non-hydrogen) atoms. The molecule has 1 saturated carbocycles. The van der Waals surface area contributed by atoms with Gasteiger partial charge in [0.05, 0.1) is 6.33 Å². The highest BCUT2D eigenvalue weighted by Gasteiger charge is 2.41. The lowest BCUT2D eigenvalue weighted by molar-refractivity contribution is 0.0202. The Balaban J connectivity index is 1.27. The maximum Gasteiger partial charge on any atom is 0.262 e. The summed E-state index contributed by atoms with van der Waals surface area (Å²) in [5.41, 5.74) is 0. The molecule has 0 atom stereocenters. The molecule has 1 aliphatic carbocycles. The van der Waals surface area contributed by atoms with Gasteiger partial charge in [-0.3, -0.25) is 9.80 Å². The summed E-state index contributed by atoms with van der Waals surface area (Å²) in [6, 6.07) is 1.16. The van der Waals surface area contributed by atoms with Crippen LogP contribution in [-0.4, -0.2) is 83.4 Å². The number of piperazine rings is 1. The molecule has 3 aliphatic rings. The molecule has 2 aliphatic heterocycles. The number of nitrogens with zero attached hydrogens (tertiary/aromatic N) is 5. The van der Waals surface area contributed by atoms with Gasteiger partial charge in [-0.2, -0.15) is 4.31 Å². The number of rotatable bonds is 4. The van der Waals surface area contributed by atoms with Crippen molar-refractivity contribution in [2.24, 2.45) is 7.05 Å². The molecule has 1 aromatic rings. The van der Waals surface area contributed by atoms with Crippen LogP contribution in [0.25, 0.3) is 0 Å². The number of sulfonamides is 1. The van der Waals surface area contributed by atoms with Crippen molar-refractivity contribution in [1.29, 1.82) is 0 Å². The zero-order chi connectivity index (χ0) is 17.4. The number of aromatic nitrogens is 2. The van der Waals surface area contributed by atoms with E-state index in [-0.39, 0.29) is 5.03 Å². The minimum atomic E-state index is -3.42. The Hall–Kier alpha value is -0.960. The molecule has 0 spiro atoms. The average molecular weight is 368 g/mol. The Morgan fingerprint density at radius 2 is 1.56 bits per heavy atom. The van der Waals surface area contributed by atoms with Gasteiger partial charge in [0.15, 0.2) is 5.03 Å². The molecule has 0 unspecified atom stereocenters. The zero-order valence-electron chi connectivity index (χ0n) is 15.0. The van der Waals surface area contributed by atoms with Gasteiger partial charge in [0, 0.05) is 64.6 Å². The summed E-state index contributed by atoms with van der Waals surface area (Å²) < 4.78 is 28.3. The summed E-state index contributed by atoms with van der Waals surface area (Å²) in [5, 5.41) is 0.163. The van der Waals surface area contributed by atoms with Crippen LogP contribution in [0.2, 0.25) is 0 Å². The Bertz CT molecular complexity index is 684. The zero-order valence-corrected chi connectivity index (χ0v) is 15.9. The summed E-state index contributed by atoms with van der Waals surface area (Å²) in [7, 11) is -1.63. The summed E-state index contributed by atoms with van der Waals surface area (Å²) in [6.07, 6.45) is 10.0. The number of aryl methyl sites for hydroxylation is 1. The van der Waals surface area contributed by atoms with Gasteiger partial charge < -0.3 is 4.57 Å². The van der Waals surface area contributed by atoms with E-state index in [1.165, 1.54) is 38.4 Å². The SMILES string of the molecule is Cn1cnc(S(=O)(=O)N2CC(N3CCN(C4CCCCC4)CC3)C2)c1. The largest absolute Gasteiger partial charge is 0.339 e. The highest BCUT2D eigenvalue weighted by molar-refractivity contribution is 7.89. The van der Waals surface area contributed by atoms with Crippen molar-refractivity contribution < 1.29 is 8.42 Å². The average Bonchev–Trinajstić information content (AvgIpc) is 3.02. The van der Waals surface area contributed by atoms with Crippen LogP contribution in [0, 0.1) is 0 Å². The summed E-state index contributed by atoms with van der Waals surface area (Å²) in [6.45, 7) is 5.60. The quantitative estimate of drug-likeness (QED) is 0.786. The molecule has 0 bridgehead atoms. The Labute approximate surface area is 150 Å². The molecule has 2 saturated heterocycles. The molecule has 7 nitrogen and oxygen atoms in total. The molecular formula is C17H29N5O2S. The minimum absolute atomic E-state index is 0.163. The monoisotopic (exact) mass is 367 g/mol. The maximum absolute atomic E-state index is 12.5. The fourth-order valence-electron chi connectivity index (χ4n) is 4.41. The van der Waals surface area contributed by atoms with E-state index in [0.717, 1.165) is 32.2 Å². The standard InChI is InChI=1S/C17H29N5O2S/c1-19-13-17(18-14-19)25(23,24)22-11-16(12-22)21-9-7-20(8-10-21)15-5-3-2-4-6-15/h13-16H,2-12H2,1H3. The van der Waals surface area contributed by atoms with Crippen molar-refractivity contribution >= 4 is 10.0 Å². The van der Waals surface area contributed by atoms with E-state index in [1.54, 1.807) is 22.1 Å². The lowest BCUT2D eigenvalue weighted by atomic mass is 9.93. The molecule has 1 aromatic heterocycles. The van der Waals surface area contributed by atoms with Gasteiger partial charge in [0.2, 0.25) is 0 Å². The second-order valence-corrected chi connectivity index (χ2v) is 9.60. The molecule has 3 fully saturated rings. The van der Waals surface area contributed by atoms with Crippen molar-refractivity contribution in [2.75, 3.05) is 39.3 Å². The van der Waals surface area contributed by atoms with Crippen LogP contribution >= 0.6 is 0 Å². The van der Waals surface area contributed by atoms with E-state index in [1.807, 2.05) is 0 Å². The summed E-state index contributed by atoms with van der Waals surface area (Å²) in [5.74, 6) is 0. The van der Waals surface area contributed by atoms with Gasteiger partial charge >= 0.3 is 0 Å². The maximum atomic E-state index is 12.5. The molecular weight excluding hydrogens is 338 g/mol. The second kappa shape index (κ2) is 6.98. The predicted octanol–water partition coefficient (Wildman–Crippen LogP) is 0.743. The van der Waals surface area contributed by atoms with E-state index in [2.05, 4.69) is 14.8 Å². The first-order valence-corrected chi connectivity index (χ1v) is 10.9. The second-order valence-electron chi connectivity index (χ2n) is 7.72. The highest BCUT2D eigenvalue weighted by Crippen LogP contribution is 2.27. The van der Waals surface area contributed by atoms with Gasteiger partial charge in [-0.25, -0.2) is 13.4 Å². The normalized spacial score (nSPS) is 26.0. The fraction of sp³-hybridized carbons (Fsp3) is 0.824. The third-order valence-corrected chi connectivity index (χ3v) is 7.79. The van der Waals surface area contributed by atoms with E-state index >= 15 is 0 Å². The minimum Gasteiger partial charge on any atom is -0.339 e.